The third-order valence-electron chi connectivity index (χ3n) is 5.65. The van der Waals surface area contributed by atoms with Gasteiger partial charge < -0.3 is 4.74 Å². The van der Waals surface area contributed by atoms with E-state index in [-0.39, 0.29) is 23.6 Å². The molecule has 0 fully saturated rings. The predicted molar refractivity (Wildman–Crippen MR) is 103 cm³/mol. The number of methoxy groups -OCH3 is 1. The minimum absolute atomic E-state index is 0.0277. The number of allylic oxidation sites excluding steroid dienone is 2. The SMILES string of the molecule is COC1(C(C)C)C=CC=CC1c1cnc2[nH]c(=O)n([C@@H](C)C(C)C)c2n1. The van der Waals surface area contributed by atoms with Crippen LogP contribution in [0, 0.1) is 11.8 Å². The molecule has 6 nitrogen and oxygen atoms in total. The van der Waals surface area contributed by atoms with Crippen LogP contribution < -0.4 is 5.69 Å². The minimum Gasteiger partial charge on any atom is -0.373 e. The van der Waals surface area contributed by atoms with Gasteiger partial charge in [0.15, 0.2) is 11.3 Å². The van der Waals surface area contributed by atoms with Crippen molar-refractivity contribution in [3.8, 4) is 0 Å². The van der Waals surface area contributed by atoms with Crippen LogP contribution in [-0.4, -0.2) is 32.2 Å². The maximum absolute atomic E-state index is 12.4. The Morgan fingerprint density at radius 3 is 2.58 bits per heavy atom. The number of nitrogens with zero attached hydrogens (tertiary/aromatic N) is 3. The molecule has 0 aliphatic heterocycles. The van der Waals surface area contributed by atoms with E-state index in [0.29, 0.717) is 17.2 Å². The highest BCUT2D eigenvalue weighted by atomic mass is 16.5. The summed E-state index contributed by atoms with van der Waals surface area (Å²) < 4.78 is 7.67. The first kappa shape index (κ1) is 18.6. The Morgan fingerprint density at radius 2 is 1.96 bits per heavy atom. The van der Waals surface area contributed by atoms with Crippen LogP contribution in [0.3, 0.4) is 0 Å². The maximum atomic E-state index is 12.4. The zero-order valence-corrected chi connectivity index (χ0v) is 16.4. The molecule has 1 N–H and O–H groups in total. The van der Waals surface area contributed by atoms with Crippen LogP contribution in [0.25, 0.3) is 11.3 Å². The van der Waals surface area contributed by atoms with Crippen LogP contribution in [-0.2, 0) is 4.74 Å². The van der Waals surface area contributed by atoms with Gasteiger partial charge in [0.2, 0.25) is 0 Å². The van der Waals surface area contributed by atoms with Gasteiger partial charge in [-0.25, -0.2) is 14.8 Å². The van der Waals surface area contributed by atoms with Crippen molar-refractivity contribution in [1.29, 1.82) is 0 Å². The summed E-state index contributed by atoms with van der Waals surface area (Å²) >= 11 is 0. The van der Waals surface area contributed by atoms with Crippen LogP contribution in [0.5, 0.6) is 0 Å². The van der Waals surface area contributed by atoms with Crippen molar-refractivity contribution in [3.63, 3.8) is 0 Å². The zero-order valence-electron chi connectivity index (χ0n) is 16.4. The standard InChI is InChI=1S/C20H28N4O2/c1-12(2)14(5)24-18-17(23-19(24)25)21-11-16(22-18)15-9-7-8-10-20(15,26-6)13(3)4/h7-15H,1-6H3,(H,21,23,25)/t14-,15?,20?/m0/s1. The van der Waals surface area contributed by atoms with Crippen molar-refractivity contribution in [2.75, 3.05) is 7.11 Å². The lowest BCUT2D eigenvalue weighted by molar-refractivity contribution is -0.0195. The lowest BCUT2D eigenvalue weighted by Crippen LogP contribution is -2.42. The van der Waals surface area contributed by atoms with Gasteiger partial charge in [-0.3, -0.25) is 9.55 Å². The smallest absolute Gasteiger partial charge is 0.329 e. The van der Waals surface area contributed by atoms with Crippen LogP contribution in [0.1, 0.15) is 52.3 Å². The maximum Gasteiger partial charge on any atom is 0.329 e. The second-order valence-electron chi connectivity index (χ2n) is 7.69. The number of H-pyrrole nitrogens is 1. The summed E-state index contributed by atoms with van der Waals surface area (Å²) in [5, 5.41) is 0. The Kier molecular flexibility index (Phi) is 4.88. The Morgan fingerprint density at radius 1 is 1.23 bits per heavy atom. The number of imidazole rings is 1. The Labute approximate surface area is 154 Å². The highest BCUT2D eigenvalue weighted by Crippen LogP contribution is 2.41. The molecule has 1 aliphatic rings. The fourth-order valence-corrected chi connectivity index (χ4v) is 3.68. The van der Waals surface area contributed by atoms with Crippen molar-refractivity contribution in [2.45, 2.75) is 52.2 Å². The van der Waals surface area contributed by atoms with Crippen molar-refractivity contribution in [3.05, 3.63) is 46.7 Å². The lowest BCUT2D eigenvalue weighted by atomic mass is 9.74. The molecule has 26 heavy (non-hydrogen) atoms. The summed E-state index contributed by atoms with van der Waals surface area (Å²) in [4.78, 5) is 24.6. The van der Waals surface area contributed by atoms with E-state index in [2.05, 4.69) is 49.8 Å². The molecule has 3 rings (SSSR count). The summed E-state index contributed by atoms with van der Waals surface area (Å²) in [7, 11) is 1.73. The highest BCUT2D eigenvalue weighted by Gasteiger charge is 2.41. The normalized spacial score (nSPS) is 24.1. The largest absolute Gasteiger partial charge is 0.373 e. The first-order chi connectivity index (χ1) is 12.3. The Hall–Kier alpha value is -2.21. The topological polar surface area (TPSA) is 72.8 Å². The monoisotopic (exact) mass is 356 g/mol. The molecule has 2 heterocycles. The lowest BCUT2D eigenvalue weighted by Gasteiger charge is -2.40. The fourth-order valence-electron chi connectivity index (χ4n) is 3.68. The fraction of sp³-hybridized carbons (Fsp3) is 0.550. The van der Waals surface area contributed by atoms with E-state index >= 15 is 0 Å². The second kappa shape index (κ2) is 6.83. The Bertz CT molecular complexity index is 906. The summed E-state index contributed by atoms with van der Waals surface area (Å²) in [5.41, 5.74) is 1.28. The molecule has 3 atom stereocenters. The molecule has 0 bridgehead atoms. The quantitative estimate of drug-likeness (QED) is 0.888. The molecule has 0 amide bonds. The minimum atomic E-state index is -0.484. The number of aromatic amines is 1. The summed E-state index contributed by atoms with van der Waals surface area (Å²) in [6, 6.07) is 0.0277. The molecule has 0 saturated heterocycles. The van der Waals surface area contributed by atoms with E-state index in [9.17, 15) is 4.79 Å². The van der Waals surface area contributed by atoms with E-state index in [1.807, 2.05) is 19.1 Å². The average molecular weight is 356 g/mol. The molecule has 0 radical (unpaired) electrons. The molecule has 1 aliphatic carbocycles. The van der Waals surface area contributed by atoms with E-state index < -0.39 is 5.60 Å². The number of rotatable bonds is 5. The van der Waals surface area contributed by atoms with Crippen LogP contribution in [0.2, 0.25) is 0 Å². The Balaban J connectivity index is 2.17. The van der Waals surface area contributed by atoms with Crippen molar-refractivity contribution in [2.24, 2.45) is 11.8 Å². The summed E-state index contributed by atoms with van der Waals surface area (Å²) in [5.74, 6) is 0.491. The van der Waals surface area contributed by atoms with Gasteiger partial charge in [0.25, 0.3) is 0 Å². The van der Waals surface area contributed by atoms with Gasteiger partial charge >= 0.3 is 5.69 Å². The van der Waals surface area contributed by atoms with E-state index in [4.69, 9.17) is 9.72 Å². The molecule has 0 aromatic carbocycles. The number of nitrogens with one attached hydrogen (secondary N) is 1. The van der Waals surface area contributed by atoms with Crippen molar-refractivity contribution in [1.82, 2.24) is 19.5 Å². The van der Waals surface area contributed by atoms with E-state index in [1.165, 1.54) is 0 Å². The molecule has 2 aromatic heterocycles. The number of hydrogen-bond donors (Lipinski definition) is 1. The number of ether oxygens (including phenoxy) is 1. The molecule has 0 spiro atoms. The summed E-state index contributed by atoms with van der Waals surface area (Å²) in [6.45, 7) is 10.5. The van der Waals surface area contributed by atoms with Gasteiger partial charge in [-0.15, -0.1) is 0 Å². The third kappa shape index (κ3) is 2.82. The third-order valence-corrected chi connectivity index (χ3v) is 5.65. The van der Waals surface area contributed by atoms with Crippen molar-refractivity contribution >= 4 is 11.3 Å². The second-order valence-corrected chi connectivity index (χ2v) is 7.69. The van der Waals surface area contributed by atoms with Gasteiger partial charge in [-0.05, 0) is 18.8 Å². The van der Waals surface area contributed by atoms with Crippen molar-refractivity contribution < 1.29 is 4.74 Å². The van der Waals surface area contributed by atoms with Crippen LogP contribution in [0.4, 0.5) is 0 Å². The first-order valence-electron chi connectivity index (χ1n) is 9.20. The number of hydrogen-bond acceptors (Lipinski definition) is 4. The molecular weight excluding hydrogens is 328 g/mol. The number of fused-ring (bicyclic) bond motifs is 1. The zero-order chi connectivity index (χ0) is 19.1. The van der Waals surface area contributed by atoms with E-state index in [1.54, 1.807) is 17.9 Å². The van der Waals surface area contributed by atoms with Gasteiger partial charge in [0.05, 0.1) is 17.8 Å². The van der Waals surface area contributed by atoms with Crippen LogP contribution >= 0.6 is 0 Å². The number of aromatic nitrogens is 4. The molecule has 140 valence electrons. The predicted octanol–water partition coefficient (Wildman–Crippen LogP) is 3.59. The van der Waals surface area contributed by atoms with Crippen LogP contribution in [0.15, 0.2) is 35.3 Å². The average Bonchev–Trinajstić information content (AvgIpc) is 2.95. The molecule has 0 saturated carbocycles. The highest BCUT2D eigenvalue weighted by molar-refractivity contribution is 5.66. The van der Waals surface area contributed by atoms with Gasteiger partial charge in [-0.1, -0.05) is 52.0 Å². The molecule has 6 heteroatoms. The molecule has 2 aromatic rings. The first-order valence-corrected chi connectivity index (χ1v) is 9.20. The van der Waals surface area contributed by atoms with E-state index in [0.717, 1.165) is 5.69 Å². The molecule has 2 unspecified atom stereocenters. The van der Waals surface area contributed by atoms with Gasteiger partial charge in [0.1, 0.15) is 5.60 Å². The molecular formula is C20H28N4O2. The summed E-state index contributed by atoms with van der Waals surface area (Å²) in [6.07, 6.45) is 9.96. The van der Waals surface area contributed by atoms with Gasteiger partial charge in [0, 0.05) is 13.2 Å². The van der Waals surface area contributed by atoms with Gasteiger partial charge in [-0.2, -0.15) is 0 Å².